The van der Waals surface area contributed by atoms with Crippen LogP contribution in [0.5, 0.6) is 0 Å². The quantitative estimate of drug-likeness (QED) is 0.840. The Kier molecular flexibility index (Phi) is 4.45. The maximum atomic E-state index is 13.1. The lowest BCUT2D eigenvalue weighted by atomic mass is 9.97. The lowest BCUT2D eigenvalue weighted by Gasteiger charge is -2.33. The Hall–Kier alpha value is -1.43. The van der Waals surface area contributed by atoms with Crippen LogP contribution in [0.15, 0.2) is 24.3 Å². The summed E-state index contributed by atoms with van der Waals surface area (Å²) in [4.78, 5) is 14.9. The second-order valence-corrected chi connectivity index (χ2v) is 9.59. The number of benzene rings is 1. The minimum atomic E-state index is -3.45. The molecule has 0 bridgehead atoms. The molecule has 2 atom stereocenters. The van der Waals surface area contributed by atoms with Crippen LogP contribution >= 0.6 is 0 Å². The minimum Gasteiger partial charge on any atom is -0.338 e. The molecule has 4 nitrogen and oxygen atoms in total. The molecule has 2 aliphatic rings. The average molecular weight is 353 g/mol. The zero-order valence-electron chi connectivity index (χ0n) is 14.2. The van der Waals surface area contributed by atoms with E-state index in [2.05, 4.69) is 0 Å². The van der Waals surface area contributed by atoms with Gasteiger partial charge in [-0.3, -0.25) is 4.79 Å². The Morgan fingerprint density at radius 1 is 1.21 bits per heavy atom. The van der Waals surface area contributed by atoms with E-state index in [0.717, 1.165) is 24.8 Å². The third-order valence-electron chi connectivity index (χ3n) is 5.69. The van der Waals surface area contributed by atoms with Gasteiger partial charge in [-0.05, 0) is 43.9 Å². The summed E-state index contributed by atoms with van der Waals surface area (Å²) in [5.41, 5.74) is 0.998. The molecular weight excluding hydrogens is 329 g/mol. The SMILES string of the molecule is C[C@@H]1C[C@H](c2ccc(F)cc2)CN1C(=O)C1(S(C)(=O)=O)CCCC1. The maximum absolute atomic E-state index is 13.1. The Morgan fingerprint density at radius 3 is 2.33 bits per heavy atom. The zero-order valence-corrected chi connectivity index (χ0v) is 15.0. The topological polar surface area (TPSA) is 54.5 Å². The van der Waals surface area contributed by atoms with Crippen molar-refractivity contribution in [2.24, 2.45) is 0 Å². The van der Waals surface area contributed by atoms with E-state index in [4.69, 9.17) is 0 Å². The van der Waals surface area contributed by atoms with Crippen molar-refractivity contribution in [2.45, 2.75) is 55.7 Å². The first kappa shape index (κ1) is 17.4. The Morgan fingerprint density at radius 2 is 1.79 bits per heavy atom. The monoisotopic (exact) mass is 353 g/mol. The second-order valence-electron chi connectivity index (χ2n) is 7.26. The van der Waals surface area contributed by atoms with Crippen molar-refractivity contribution in [3.63, 3.8) is 0 Å². The van der Waals surface area contributed by atoms with Gasteiger partial charge in [-0.1, -0.05) is 25.0 Å². The predicted molar refractivity (Wildman–Crippen MR) is 91.0 cm³/mol. The normalized spacial score (nSPS) is 26.7. The number of rotatable bonds is 3. The highest BCUT2D eigenvalue weighted by Gasteiger charge is 2.53. The molecule has 24 heavy (non-hydrogen) atoms. The van der Waals surface area contributed by atoms with Crippen LogP contribution in [-0.4, -0.2) is 42.8 Å². The van der Waals surface area contributed by atoms with E-state index in [0.29, 0.717) is 19.4 Å². The van der Waals surface area contributed by atoms with Crippen LogP contribution in [0.2, 0.25) is 0 Å². The molecule has 1 aromatic rings. The molecule has 0 unspecified atom stereocenters. The first-order chi connectivity index (χ1) is 11.2. The molecule has 0 radical (unpaired) electrons. The summed E-state index contributed by atoms with van der Waals surface area (Å²) in [7, 11) is -3.45. The van der Waals surface area contributed by atoms with Gasteiger partial charge in [-0.25, -0.2) is 12.8 Å². The summed E-state index contributed by atoms with van der Waals surface area (Å²) in [5, 5.41) is 0. The van der Waals surface area contributed by atoms with Crippen molar-refractivity contribution in [1.82, 2.24) is 4.90 Å². The molecule has 1 saturated carbocycles. The number of carbonyl (C=O) groups is 1. The van der Waals surface area contributed by atoms with Gasteiger partial charge in [-0.15, -0.1) is 0 Å². The zero-order chi connectivity index (χ0) is 17.5. The fraction of sp³-hybridized carbons (Fsp3) is 0.611. The molecule has 1 heterocycles. The summed E-state index contributed by atoms with van der Waals surface area (Å²) >= 11 is 0. The van der Waals surface area contributed by atoms with Crippen LogP contribution < -0.4 is 0 Å². The van der Waals surface area contributed by atoms with Gasteiger partial charge >= 0.3 is 0 Å². The van der Waals surface area contributed by atoms with Gasteiger partial charge in [0.15, 0.2) is 14.6 Å². The molecule has 6 heteroatoms. The van der Waals surface area contributed by atoms with Crippen LogP contribution in [0.3, 0.4) is 0 Å². The van der Waals surface area contributed by atoms with E-state index in [1.807, 2.05) is 6.92 Å². The molecule has 2 fully saturated rings. The summed E-state index contributed by atoms with van der Waals surface area (Å²) in [5.74, 6) is -0.387. The molecule has 3 rings (SSSR count). The van der Waals surface area contributed by atoms with Gasteiger partial charge < -0.3 is 4.90 Å². The number of hydrogen-bond donors (Lipinski definition) is 0. The molecule has 1 amide bonds. The summed E-state index contributed by atoms with van der Waals surface area (Å²) in [6, 6.07) is 6.36. The van der Waals surface area contributed by atoms with E-state index < -0.39 is 14.6 Å². The van der Waals surface area contributed by atoms with Crippen molar-refractivity contribution in [3.8, 4) is 0 Å². The largest absolute Gasteiger partial charge is 0.338 e. The number of amides is 1. The molecule has 1 aliphatic carbocycles. The van der Waals surface area contributed by atoms with Crippen molar-refractivity contribution in [2.75, 3.05) is 12.8 Å². The summed E-state index contributed by atoms with van der Waals surface area (Å²) in [6.07, 6.45) is 4.38. The fourth-order valence-electron chi connectivity index (χ4n) is 4.24. The first-order valence-corrected chi connectivity index (χ1v) is 10.4. The van der Waals surface area contributed by atoms with E-state index >= 15 is 0 Å². The Bertz CT molecular complexity index is 723. The highest BCUT2D eigenvalue weighted by molar-refractivity contribution is 7.92. The van der Waals surface area contributed by atoms with Gasteiger partial charge in [0.1, 0.15) is 5.82 Å². The lowest BCUT2D eigenvalue weighted by molar-refractivity contribution is -0.134. The van der Waals surface area contributed by atoms with Crippen LogP contribution in [-0.2, 0) is 14.6 Å². The Labute approximate surface area is 143 Å². The summed E-state index contributed by atoms with van der Waals surface area (Å²) in [6.45, 7) is 2.47. The second kappa shape index (κ2) is 6.14. The Balaban J connectivity index is 1.84. The van der Waals surface area contributed by atoms with Gasteiger partial charge in [0.2, 0.25) is 5.91 Å². The molecule has 0 spiro atoms. The van der Waals surface area contributed by atoms with Gasteiger partial charge in [0.05, 0.1) is 0 Å². The van der Waals surface area contributed by atoms with Crippen molar-refractivity contribution in [3.05, 3.63) is 35.6 Å². The summed E-state index contributed by atoms with van der Waals surface area (Å²) < 4.78 is 36.6. The molecule has 1 aliphatic heterocycles. The number of carbonyl (C=O) groups excluding carboxylic acids is 1. The molecule has 1 aromatic carbocycles. The molecule has 1 saturated heterocycles. The fourth-order valence-corrected chi connectivity index (χ4v) is 5.71. The van der Waals surface area contributed by atoms with Crippen molar-refractivity contribution < 1.29 is 17.6 Å². The molecule has 0 aromatic heterocycles. The van der Waals surface area contributed by atoms with Crippen molar-refractivity contribution >= 4 is 15.7 Å². The van der Waals surface area contributed by atoms with Crippen LogP contribution in [0.1, 0.15) is 50.5 Å². The number of halogens is 1. The average Bonchev–Trinajstić information content (AvgIpc) is 3.14. The maximum Gasteiger partial charge on any atom is 0.244 e. The van der Waals surface area contributed by atoms with Crippen LogP contribution in [0.25, 0.3) is 0 Å². The van der Waals surface area contributed by atoms with E-state index in [1.165, 1.54) is 18.4 Å². The molecular formula is C18H24FNO3S. The first-order valence-electron chi connectivity index (χ1n) is 8.51. The number of sulfone groups is 1. The smallest absolute Gasteiger partial charge is 0.244 e. The van der Waals surface area contributed by atoms with Gasteiger partial charge in [0.25, 0.3) is 0 Å². The van der Waals surface area contributed by atoms with Crippen LogP contribution in [0, 0.1) is 5.82 Å². The number of nitrogens with zero attached hydrogens (tertiary/aromatic N) is 1. The number of hydrogen-bond acceptors (Lipinski definition) is 3. The third-order valence-corrected chi connectivity index (χ3v) is 7.69. The predicted octanol–water partition coefficient (Wildman–Crippen LogP) is 2.89. The van der Waals surface area contributed by atoms with Gasteiger partial charge in [0, 0.05) is 24.8 Å². The van der Waals surface area contributed by atoms with E-state index in [9.17, 15) is 17.6 Å². The van der Waals surface area contributed by atoms with E-state index in [1.54, 1.807) is 17.0 Å². The number of likely N-dealkylation sites (tertiary alicyclic amines) is 1. The highest BCUT2D eigenvalue weighted by atomic mass is 32.2. The van der Waals surface area contributed by atoms with Crippen molar-refractivity contribution in [1.29, 1.82) is 0 Å². The minimum absolute atomic E-state index is 0.00761. The third kappa shape index (κ3) is 2.85. The van der Waals surface area contributed by atoms with Gasteiger partial charge in [-0.2, -0.15) is 0 Å². The standard InChI is InChI=1S/C18H24FNO3S/c1-13-11-15(14-5-7-16(19)8-6-14)12-20(13)17(21)18(24(2,22)23)9-3-4-10-18/h5-8,13,15H,3-4,9-12H2,1-2H3/t13-,15+/m1/s1. The van der Waals surface area contributed by atoms with Crippen LogP contribution in [0.4, 0.5) is 4.39 Å². The molecule has 132 valence electrons. The highest BCUT2D eigenvalue weighted by Crippen LogP contribution is 2.41. The lowest BCUT2D eigenvalue weighted by Crippen LogP contribution is -2.53. The van der Waals surface area contributed by atoms with E-state index in [-0.39, 0.29) is 23.7 Å². The molecule has 0 N–H and O–H groups in total.